The molecule has 0 spiro atoms. The highest BCUT2D eigenvalue weighted by atomic mass is 15.3. The number of hydrogen-bond acceptors (Lipinski definition) is 4. The van der Waals surface area contributed by atoms with E-state index in [1.807, 2.05) is 55.5 Å². The van der Waals surface area contributed by atoms with Gasteiger partial charge in [-0.05, 0) is 30.7 Å². The normalized spacial score (nSPS) is 11.3. The van der Waals surface area contributed by atoms with Crippen molar-refractivity contribution in [2.75, 3.05) is 5.43 Å². The maximum atomic E-state index is 9.27. The fourth-order valence-corrected chi connectivity index (χ4v) is 2.01. The SMILES string of the molecule is Cc1ccccc1N/N=C(\C#N)c1nc2ccccc2[nH]1. The van der Waals surface area contributed by atoms with Crippen LogP contribution in [0.5, 0.6) is 0 Å². The third kappa shape index (κ3) is 2.60. The van der Waals surface area contributed by atoms with Crippen LogP contribution in [0.4, 0.5) is 5.69 Å². The largest absolute Gasteiger partial charge is 0.336 e. The van der Waals surface area contributed by atoms with Crippen LogP contribution < -0.4 is 5.43 Å². The quantitative estimate of drug-likeness (QED) is 0.569. The van der Waals surface area contributed by atoms with Gasteiger partial charge in [0.05, 0.1) is 16.7 Å². The summed E-state index contributed by atoms with van der Waals surface area (Å²) in [6.07, 6.45) is 0. The molecule has 0 saturated heterocycles. The number of benzene rings is 2. The number of para-hydroxylation sites is 3. The molecule has 2 aromatic carbocycles. The maximum absolute atomic E-state index is 9.27. The third-order valence-corrected chi connectivity index (χ3v) is 3.15. The Balaban J connectivity index is 1.93. The van der Waals surface area contributed by atoms with Crippen LogP contribution >= 0.6 is 0 Å². The summed E-state index contributed by atoms with van der Waals surface area (Å²) in [4.78, 5) is 7.46. The number of aryl methyl sites for hydroxylation is 1. The minimum absolute atomic E-state index is 0.217. The molecule has 0 aliphatic heterocycles. The zero-order chi connectivity index (χ0) is 14.7. The van der Waals surface area contributed by atoms with Gasteiger partial charge >= 0.3 is 0 Å². The van der Waals surface area contributed by atoms with Gasteiger partial charge in [-0.15, -0.1) is 0 Å². The topological polar surface area (TPSA) is 76.9 Å². The number of hydrogen-bond donors (Lipinski definition) is 2. The van der Waals surface area contributed by atoms with E-state index in [-0.39, 0.29) is 5.71 Å². The molecule has 0 bridgehead atoms. The van der Waals surface area contributed by atoms with Gasteiger partial charge in [0.2, 0.25) is 5.71 Å². The Morgan fingerprint density at radius 3 is 2.71 bits per heavy atom. The van der Waals surface area contributed by atoms with Crippen LogP contribution in [0.2, 0.25) is 0 Å². The van der Waals surface area contributed by atoms with Gasteiger partial charge < -0.3 is 4.98 Å². The van der Waals surface area contributed by atoms with E-state index in [0.29, 0.717) is 5.82 Å². The van der Waals surface area contributed by atoms with Crippen LogP contribution in [0.25, 0.3) is 11.0 Å². The summed E-state index contributed by atoms with van der Waals surface area (Å²) in [7, 11) is 0. The van der Waals surface area contributed by atoms with Crippen molar-refractivity contribution in [2.24, 2.45) is 5.10 Å². The van der Waals surface area contributed by atoms with Crippen molar-refractivity contribution >= 4 is 22.4 Å². The summed E-state index contributed by atoms with van der Waals surface area (Å²) in [5, 5.41) is 13.4. The molecule has 5 nitrogen and oxygen atoms in total. The summed E-state index contributed by atoms with van der Waals surface area (Å²) in [5.74, 6) is 0.458. The molecular weight excluding hydrogens is 262 g/mol. The van der Waals surface area contributed by atoms with Gasteiger partial charge in [0.15, 0.2) is 5.82 Å². The Bertz CT molecular complexity index is 821. The van der Waals surface area contributed by atoms with Crippen molar-refractivity contribution in [2.45, 2.75) is 6.92 Å². The minimum atomic E-state index is 0.217. The lowest BCUT2D eigenvalue weighted by Gasteiger charge is -2.03. The molecule has 102 valence electrons. The lowest BCUT2D eigenvalue weighted by molar-refractivity contribution is 1.24. The number of H-pyrrole nitrogens is 1. The number of aromatic nitrogens is 2. The van der Waals surface area contributed by atoms with Crippen LogP contribution in [-0.4, -0.2) is 15.7 Å². The molecule has 1 aromatic heterocycles. The average molecular weight is 275 g/mol. The molecule has 0 aliphatic rings. The first-order valence-electron chi connectivity index (χ1n) is 6.52. The molecule has 21 heavy (non-hydrogen) atoms. The smallest absolute Gasteiger partial charge is 0.203 e. The maximum Gasteiger partial charge on any atom is 0.203 e. The molecule has 0 radical (unpaired) electrons. The number of nitrogens with one attached hydrogen (secondary N) is 2. The molecule has 3 rings (SSSR count). The monoisotopic (exact) mass is 275 g/mol. The van der Waals surface area contributed by atoms with Gasteiger partial charge in [0, 0.05) is 0 Å². The van der Waals surface area contributed by atoms with E-state index < -0.39 is 0 Å². The van der Waals surface area contributed by atoms with Gasteiger partial charge in [-0.2, -0.15) is 10.4 Å². The Labute approximate surface area is 122 Å². The number of imidazole rings is 1. The molecule has 0 unspecified atom stereocenters. The van der Waals surface area contributed by atoms with Crippen LogP contribution in [0.15, 0.2) is 53.6 Å². The fraction of sp³-hybridized carbons (Fsp3) is 0.0625. The van der Waals surface area contributed by atoms with E-state index in [1.165, 1.54) is 0 Å². The van der Waals surface area contributed by atoms with Crippen LogP contribution in [0.3, 0.4) is 0 Å². The van der Waals surface area contributed by atoms with E-state index in [4.69, 9.17) is 0 Å². The second-order valence-electron chi connectivity index (χ2n) is 4.60. The Kier molecular flexibility index (Phi) is 3.36. The molecular formula is C16H13N5. The minimum Gasteiger partial charge on any atom is -0.336 e. The first-order chi connectivity index (χ1) is 10.3. The Hall–Kier alpha value is -3.13. The number of nitriles is 1. The predicted octanol–water partition coefficient (Wildman–Crippen LogP) is 3.21. The summed E-state index contributed by atoms with van der Waals surface area (Å²) in [5.41, 5.74) is 6.74. The number of hydrazone groups is 1. The number of aromatic amines is 1. The molecule has 5 heteroatoms. The summed E-state index contributed by atoms with van der Waals surface area (Å²) in [6.45, 7) is 1.98. The molecule has 0 amide bonds. The zero-order valence-electron chi connectivity index (χ0n) is 11.5. The first kappa shape index (κ1) is 12.9. The number of anilines is 1. The highest BCUT2D eigenvalue weighted by Crippen LogP contribution is 2.14. The van der Waals surface area contributed by atoms with E-state index in [1.54, 1.807) is 0 Å². The van der Waals surface area contributed by atoms with Crippen LogP contribution in [-0.2, 0) is 0 Å². The van der Waals surface area contributed by atoms with E-state index in [2.05, 4.69) is 26.6 Å². The predicted molar refractivity (Wildman–Crippen MR) is 83.0 cm³/mol. The van der Waals surface area contributed by atoms with Crippen LogP contribution in [0, 0.1) is 18.3 Å². The standard InChI is InChI=1S/C16H13N5/c1-11-6-2-3-7-12(11)20-21-15(10-17)16-18-13-8-4-5-9-14(13)19-16/h2-9,20H,1H3,(H,18,19)/b21-15+. The molecule has 0 fully saturated rings. The van der Waals surface area contributed by atoms with Crippen LogP contribution in [0.1, 0.15) is 11.4 Å². The van der Waals surface area contributed by atoms with E-state index >= 15 is 0 Å². The molecule has 3 aromatic rings. The van der Waals surface area contributed by atoms with Crippen molar-refractivity contribution in [1.29, 1.82) is 5.26 Å². The highest BCUT2D eigenvalue weighted by molar-refractivity contribution is 6.10. The van der Waals surface area contributed by atoms with E-state index in [0.717, 1.165) is 22.3 Å². The fourth-order valence-electron chi connectivity index (χ4n) is 2.01. The summed E-state index contributed by atoms with van der Waals surface area (Å²) >= 11 is 0. The summed E-state index contributed by atoms with van der Waals surface area (Å²) < 4.78 is 0. The van der Waals surface area contributed by atoms with Gasteiger partial charge in [-0.25, -0.2) is 4.98 Å². The van der Waals surface area contributed by atoms with Gasteiger partial charge in [0.1, 0.15) is 6.07 Å². The third-order valence-electron chi connectivity index (χ3n) is 3.15. The summed E-state index contributed by atoms with van der Waals surface area (Å²) in [6, 6.07) is 17.4. The Morgan fingerprint density at radius 2 is 1.95 bits per heavy atom. The molecule has 0 saturated carbocycles. The number of rotatable bonds is 3. The number of fused-ring (bicyclic) bond motifs is 1. The Morgan fingerprint density at radius 1 is 1.19 bits per heavy atom. The zero-order valence-corrected chi connectivity index (χ0v) is 11.5. The van der Waals surface area contributed by atoms with Crippen molar-refractivity contribution in [3.8, 4) is 6.07 Å². The van der Waals surface area contributed by atoms with Gasteiger partial charge in [0.25, 0.3) is 0 Å². The molecule has 0 aliphatic carbocycles. The van der Waals surface area contributed by atoms with Crippen molar-refractivity contribution < 1.29 is 0 Å². The average Bonchev–Trinajstić information content (AvgIpc) is 2.93. The van der Waals surface area contributed by atoms with Gasteiger partial charge in [-0.3, -0.25) is 5.43 Å². The lowest BCUT2D eigenvalue weighted by Crippen LogP contribution is -2.04. The first-order valence-corrected chi connectivity index (χ1v) is 6.52. The van der Waals surface area contributed by atoms with Crippen molar-refractivity contribution in [1.82, 2.24) is 9.97 Å². The van der Waals surface area contributed by atoms with Crippen molar-refractivity contribution in [3.63, 3.8) is 0 Å². The van der Waals surface area contributed by atoms with Gasteiger partial charge in [-0.1, -0.05) is 30.3 Å². The highest BCUT2D eigenvalue weighted by Gasteiger charge is 2.09. The molecule has 1 heterocycles. The van der Waals surface area contributed by atoms with Crippen molar-refractivity contribution in [3.05, 3.63) is 59.9 Å². The molecule has 2 N–H and O–H groups in total. The number of nitrogens with zero attached hydrogens (tertiary/aromatic N) is 3. The second kappa shape index (κ2) is 5.47. The second-order valence-corrected chi connectivity index (χ2v) is 4.60. The van der Waals surface area contributed by atoms with E-state index in [9.17, 15) is 5.26 Å². The molecule has 0 atom stereocenters. The lowest BCUT2D eigenvalue weighted by atomic mass is 10.2.